The van der Waals surface area contributed by atoms with Gasteiger partial charge < -0.3 is 25.8 Å². The highest BCUT2D eigenvalue weighted by Gasteiger charge is 2.21. The van der Waals surface area contributed by atoms with Crippen LogP contribution in [0.15, 0.2) is 0 Å². The molecule has 0 bridgehead atoms. The number of amides is 1. The number of nitrogens with two attached hydrogens (primary N) is 1. The maximum absolute atomic E-state index is 12.2. The number of aromatic nitrogens is 1. The third kappa shape index (κ3) is 4.29. The molecule has 2 heterocycles. The fraction of sp³-hybridized carbons (Fsp3) is 0.692. The molecule has 0 aromatic carbocycles. The molecule has 118 valence electrons. The first-order chi connectivity index (χ1) is 10.1. The van der Waals surface area contributed by atoms with Gasteiger partial charge in [-0.2, -0.15) is 0 Å². The second-order valence-electron chi connectivity index (χ2n) is 5.05. The Morgan fingerprint density at radius 2 is 2.29 bits per heavy atom. The number of hydrogen-bond acceptors (Lipinski definition) is 7. The lowest BCUT2D eigenvalue weighted by atomic mass is 10.2. The number of aliphatic hydroxyl groups excluding tert-OH is 1. The van der Waals surface area contributed by atoms with E-state index in [1.54, 1.807) is 0 Å². The van der Waals surface area contributed by atoms with Gasteiger partial charge in [0, 0.05) is 25.7 Å². The number of carbonyl (C=O) groups excluding carboxylic acids is 1. The van der Waals surface area contributed by atoms with E-state index in [2.05, 4.69) is 15.2 Å². The zero-order valence-electron chi connectivity index (χ0n) is 12.2. The highest BCUT2D eigenvalue weighted by Crippen LogP contribution is 2.28. The van der Waals surface area contributed by atoms with Crippen molar-refractivity contribution < 1.29 is 14.6 Å². The molecular weight excluding hydrogens is 292 g/mol. The summed E-state index contributed by atoms with van der Waals surface area (Å²) in [6, 6.07) is -0.00186. The summed E-state index contributed by atoms with van der Waals surface area (Å²) in [4.78, 5) is 19.0. The average Bonchev–Trinajstić information content (AvgIpc) is 2.88. The number of aliphatic hydroxyl groups is 1. The van der Waals surface area contributed by atoms with Gasteiger partial charge >= 0.3 is 0 Å². The Kier molecular flexibility index (Phi) is 5.77. The van der Waals surface area contributed by atoms with Gasteiger partial charge in [0.25, 0.3) is 5.91 Å². The highest BCUT2D eigenvalue weighted by molar-refractivity contribution is 7.18. The minimum atomic E-state index is -0.199. The second kappa shape index (κ2) is 7.58. The standard InChI is InChI=1S/C13H22N4O3S/c1-9(3-2-6-18)15-12(19)10-11(14)16-13(21-10)17-4-7-20-8-5-17/h9,18H,2-8,14H2,1H3,(H,15,19). The van der Waals surface area contributed by atoms with Gasteiger partial charge in [0.05, 0.1) is 13.2 Å². The lowest BCUT2D eigenvalue weighted by Crippen LogP contribution is -2.36. The topological polar surface area (TPSA) is 101 Å². The SMILES string of the molecule is CC(CCCO)NC(=O)c1sc(N2CCOCC2)nc1N. The van der Waals surface area contributed by atoms with Crippen LogP contribution in [0.25, 0.3) is 0 Å². The molecule has 0 spiro atoms. The van der Waals surface area contributed by atoms with Crippen molar-refractivity contribution >= 4 is 28.2 Å². The number of hydrogen-bond donors (Lipinski definition) is 3. The molecule has 1 unspecified atom stereocenters. The van der Waals surface area contributed by atoms with Gasteiger partial charge in [-0.1, -0.05) is 11.3 Å². The number of nitrogen functional groups attached to an aromatic ring is 1. The summed E-state index contributed by atoms with van der Waals surface area (Å²) in [5.74, 6) is 0.0725. The van der Waals surface area contributed by atoms with Crippen molar-refractivity contribution in [1.82, 2.24) is 10.3 Å². The molecule has 1 aromatic heterocycles. The number of morpholine rings is 1. The molecule has 8 heteroatoms. The molecule has 7 nitrogen and oxygen atoms in total. The summed E-state index contributed by atoms with van der Waals surface area (Å²) < 4.78 is 5.30. The minimum absolute atomic E-state index is 0.00186. The fourth-order valence-corrected chi connectivity index (χ4v) is 3.07. The Bertz CT molecular complexity index is 474. The molecule has 21 heavy (non-hydrogen) atoms. The molecule has 0 radical (unpaired) electrons. The van der Waals surface area contributed by atoms with Crippen molar-refractivity contribution in [1.29, 1.82) is 0 Å². The third-order valence-electron chi connectivity index (χ3n) is 3.30. The molecule has 1 amide bonds. The average molecular weight is 314 g/mol. The maximum atomic E-state index is 12.2. The van der Waals surface area contributed by atoms with Crippen molar-refractivity contribution in [2.75, 3.05) is 43.5 Å². The fourth-order valence-electron chi connectivity index (χ4n) is 2.13. The molecule has 2 rings (SSSR count). The lowest BCUT2D eigenvalue weighted by Gasteiger charge is -2.25. The molecule has 1 aromatic rings. The van der Waals surface area contributed by atoms with Crippen molar-refractivity contribution in [3.8, 4) is 0 Å². The monoisotopic (exact) mass is 314 g/mol. The van der Waals surface area contributed by atoms with E-state index in [0.717, 1.165) is 24.6 Å². The largest absolute Gasteiger partial charge is 0.396 e. The Labute approximate surface area is 128 Å². The summed E-state index contributed by atoms with van der Waals surface area (Å²) in [5, 5.41) is 12.5. The number of rotatable bonds is 6. The molecule has 0 saturated carbocycles. The van der Waals surface area contributed by atoms with Crippen LogP contribution in [0.1, 0.15) is 29.4 Å². The lowest BCUT2D eigenvalue weighted by molar-refractivity contribution is 0.0941. The van der Waals surface area contributed by atoms with Crippen molar-refractivity contribution in [3.05, 3.63) is 4.88 Å². The van der Waals surface area contributed by atoms with Gasteiger partial charge in [-0.15, -0.1) is 0 Å². The van der Waals surface area contributed by atoms with E-state index in [-0.39, 0.29) is 24.4 Å². The smallest absolute Gasteiger partial charge is 0.265 e. The number of nitrogens with one attached hydrogen (secondary N) is 1. The summed E-state index contributed by atoms with van der Waals surface area (Å²) in [6.07, 6.45) is 1.40. The van der Waals surface area contributed by atoms with Crippen LogP contribution in [-0.2, 0) is 4.74 Å². The van der Waals surface area contributed by atoms with E-state index >= 15 is 0 Å². The number of nitrogens with zero attached hydrogens (tertiary/aromatic N) is 2. The van der Waals surface area contributed by atoms with Gasteiger partial charge in [0.2, 0.25) is 0 Å². The summed E-state index contributed by atoms with van der Waals surface area (Å²) in [5.41, 5.74) is 5.87. The van der Waals surface area contributed by atoms with Crippen LogP contribution in [-0.4, -0.2) is 54.9 Å². The number of ether oxygens (including phenoxy) is 1. The summed E-state index contributed by atoms with van der Waals surface area (Å²) >= 11 is 1.31. The van der Waals surface area contributed by atoms with Crippen LogP contribution in [0.2, 0.25) is 0 Å². The van der Waals surface area contributed by atoms with Crippen LogP contribution in [0, 0.1) is 0 Å². The molecule has 0 aliphatic carbocycles. The van der Waals surface area contributed by atoms with Crippen LogP contribution < -0.4 is 16.0 Å². The van der Waals surface area contributed by atoms with Gasteiger partial charge in [0.1, 0.15) is 10.7 Å². The van der Waals surface area contributed by atoms with E-state index in [1.165, 1.54) is 11.3 Å². The van der Waals surface area contributed by atoms with Crippen LogP contribution in [0.4, 0.5) is 10.9 Å². The molecule has 1 atom stereocenters. The predicted molar refractivity (Wildman–Crippen MR) is 82.8 cm³/mol. The second-order valence-corrected chi connectivity index (χ2v) is 6.03. The van der Waals surface area contributed by atoms with E-state index in [0.29, 0.717) is 24.5 Å². The van der Waals surface area contributed by atoms with Crippen LogP contribution >= 0.6 is 11.3 Å². The molecule has 1 aliphatic heterocycles. The van der Waals surface area contributed by atoms with Crippen LogP contribution in [0.5, 0.6) is 0 Å². The molecular formula is C13H22N4O3S. The normalized spacial score (nSPS) is 16.8. The van der Waals surface area contributed by atoms with Gasteiger partial charge in [-0.05, 0) is 19.8 Å². The summed E-state index contributed by atoms with van der Waals surface area (Å²) in [7, 11) is 0. The Morgan fingerprint density at radius 1 is 1.57 bits per heavy atom. The number of anilines is 2. The number of thiazole rings is 1. The van der Waals surface area contributed by atoms with Crippen molar-refractivity contribution in [3.63, 3.8) is 0 Å². The zero-order chi connectivity index (χ0) is 15.2. The van der Waals surface area contributed by atoms with E-state index in [9.17, 15) is 4.79 Å². The quantitative estimate of drug-likeness (QED) is 0.705. The maximum Gasteiger partial charge on any atom is 0.265 e. The van der Waals surface area contributed by atoms with Gasteiger partial charge in [-0.3, -0.25) is 4.79 Å². The molecule has 1 saturated heterocycles. The van der Waals surface area contributed by atoms with E-state index in [1.807, 2.05) is 6.92 Å². The summed E-state index contributed by atoms with van der Waals surface area (Å²) in [6.45, 7) is 4.90. The first-order valence-electron chi connectivity index (χ1n) is 7.12. The van der Waals surface area contributed by atoms with Crippen LogP contribution in [0.3, 0.4) is 0 Å². The minimum Gasteiger partial charge on any atom is -0.396 e. The third-order valence-corrected chi connectivity index (χ3v) is 4.43. The Hall–Kier alpha value is -1.38. The van der Waals surface area contributed by atoms with Crippen molar-refractivity contribution in [2.45, 2.75) is 25.8 Å². The number of carbonyl (C=O) groups is 1. The van der Waals surface area contributed by atoms with E-state index < -0.39 is 0 Å². The van der Waals surface area contributed by atoms with Gasteiger partial charge in [-0.25, -0.2) is 4.98 Å². The Balaban J connectivity index is 1.99. The molecule has 1 fully saturated rings. The first kappa shape index (κ1) is 16.0. The first-order valence-corrected chi connectivity index (χ1v) is 7.94. The van der Waals surface area contributed by atoms with E-state index in [4.69, 9.17) is 15.6 Å². The molecule has 4 N–H and O–H groups in total. The Morgan fingerprint density at radius 3 is 2.95 bits per heavy atom. The van der Waals surface area contributed by atoms with Crippen molar-refractivity contribution in [2.24, 2.45) is 0 Å². The van der Waals surface area contributed by atoms with Gasteiger partial charge in [0.15, 0.2) is 5.13 Å². The predicted octanol–water partition coefficient (Wildman–Crippen LogP) is 0.453. The highest BCUT2D eigenvalue weighted by atomic mass is 32.1. The zero-order valence-corrected chi connectivity index (χ0v) is 13.0. The molecule has 1 aliphatic rings.